The molecule has 1 aromatic heterocycles. The predicted molar refractivity (Wildman–Crippen MR) is 74.9 cm³/mol. The van der Waals surface area contributed by atoms with Gasteiger partial charge in [-0.1, -0.05) is 20.8 Å². The number of aliphatic hydroxyl groups excluding tert-OH is 1. The highest BCUT2D eigenvalue weighted by molar-refractivity contribution is 5.42. The number of rotatable bonds is 7. The molecule has 1 aromatic rings. The zero-order valence-electron chi connectivity index (χ0n) is 11.7. The van der Waals surface area contributed by atoms with Crippen LogP contribution in [0.15, 0.2) is 6.07 Å². The van der Waals surface area contributed by atoms with E-state index in [1.165, 1.54) is 0 Å². The molecule has 1 heterocycles. The smallest absolute Gasteiger partial charge is 0.224 e. The Morgan fingerprint density at radius 1 is 1.28 bits per heavy atom. The van der Waals surface area contributed by atoms with Gasteiger partial charge in [-0.3, -0.25) is 0 Å². The Hall–Kier alpha value is -1.36. The third kappa shape index (κ3) is 4.87. The lowest BCUT2D eigenvalue weighted by atomic mass is 9.95. The lowest BCUT2D eigenvalue weighted by Gasteiger charge is -2.22. The molecular weight excluding hydrogens is 228 g/mol. The number of aromatic nitrogens is 2. The van der Waals surface area contributed by atoms with E-state index >= 15 is 0 Å². The van der Waals surface area contributed by atoms with E-state index in [4.69, 9.17) is 0 Å². The first-order valence-corrected chi connectivity index (χ1v) is 6.41. The maximum Gasteiger partial charge on any atom is 0.224 e. The van der Waals surface area contributed by atoms with Crippen molar-refractivity contribution in [1.82, 2.24) is 9.97 Å². The highest BCUT2D eigenvalue weighted by Gasteiger charge is 2.16. The summed E-state index contributed by atoms with van der Waals surface area (Å²) in [5.74, 6) is 1.45. The van der Waals surface area contributed by atoms with Crippen LogP contribution in [0.1, 0.15) is 32.9 Å². The van der Waals surface area contributed by atoms with Crippen LogP contribution in [-0.2, 0) is 0 Å². The van der Waals surface area contributed by atoms with Gasteiger partial charge in [0, 0.05) is 36.9 Å². The Balaban J connectivity index is 2.68. The highest BCUT2D eigenvalue weighted by atomic mass is 16.3. The first kappa shape index (κ1) is 14.7. The molecule has 0 aliphatic rings. The highest BCUT2D eigenvalue weighted by Crippen LogP contribution is 2.16. The topological polar surface area (TPSA) is 70.1 Å². The summed E-state index contributed by atoms with van der Waals surface area (Å²) in [4.78, 5) is 8.72. The Bertz CT molecular complexity index is 379. The summed E-state index contributed by atoms with van der Waals surface area (Å²) >= 11 is 0. The molecular formula is C13H24N4O. The van der Waals surface area contributed by atoms with Gasteiger partial charge in [-0.25, -0.2) is 4.98 Å². The standard InChI is InChI=1S/C13H24N4O/c1-5-6-14-12-16-10(2)7-11(17-12)15-8-13(3,4)9-18/h7,18H,5-6,8-9H2,1-4H3,(H2,14,15,16,17). The van der Waals surface area contributed by atoms with E-state index in [1.54, 1.807) is 0 Å². The minimum atomic E-state index is -0.157. The van der Waals surface area contributed by atoms with Gasteiger partial charge in [-0.15, -0.1) is 0 Å². The van der Waals surface area contributed by atoms with E-state index in [1.807, 2.05) is 26.8 Å². The van der Waals surface area contributed by atoms with Crippen molar-refractivity contribution in [3.05, 3.63) is 11.8 Å². The molecule has 0 saturated heterocycles. The van der Waals surface area contributed by atoms with Gasteiger partial charge in [0.05, 0.1) is 0 Å². The van der Waals surface area contributed by atoms with Crippen molar-refractivity contribution in [3.8, 4) is 0 Å². The Labute approximate surface area is 109 Å². The molecule has 18 heavy (non-hydrogen) atoms. The molecule has 0 aliphatic heterocycles. The van der Waals surface area contributed by atoms with E-state index < -0.39 is 0 Å². The Morgan fingerprint density at radius 2 is 2.00 bits per heavy atom. The van der Waals surface area contributed by atoms with Gasteiger partial charge in [-0.2, -0.15) is 4.98 Å². The summed E-state index contributed by atoms with van der Waals surface area (Å²) in [5, 5.41) is 15.6. The van der Waals surface area contributed by atoms with Crippen LogP contribution < -0.4 is 10.6 Å². The van der Waals surface area contributed by atoms with Crippen molar-refractivity contribution < 1.29 is 5.11 Å². The number of aryl methyl sites for hydroxylation is 1. The minimum absolute atomic E-state index is 0.144. The van der Waals surface area contributed by atoms with Gasteiger partial charge >= 0.3 is 0 Å². The van der Waals surface area contributed by atoms with Crippen LogP contribution in [0.5, 0.6) is 0 Å². The van der Waals surface area contributed by atoms with Crippen molar-refractivity contribution in [1.29, 1.82) is 0 Å². The third-order valence-electron chi connectivity index (χ3n) is 2.56. The van der Waals surface area contributed by atoms with Crippen molar-refractivity contribution >= 4 is 11.8 Å². The summed E-state index contributed by atoms with van der Waals surface area (Å²) in [6.07, 6.45) is 1.04. The summed E-state index contributed by atoms with van der Waals surface area (Å²) in [7, 11) is 0. The Morgan fingerprint density at radius 3 is 2.61 bits per heavy atom. The second-order valence-electron chi connectivity index (χ2n) is 5.32. The maximum absolute atomic E-state index is 9.21. The molecule has 1 rings (SSSR count). The lowest BCUT2D eigenvalue weighted by Crippen LogP contribution is -2.27. The molecule has 0 unspecified atom stereocenters. The molecule has 0 spiro atoms. The number of hydrogen-bond acceptors (Lipinski definition) is 5. The molecule has 5 nitrogen and oxygen atoms in total. The zero-order chi connectivity index (χ0) is 13.6. The molecule has 0 radical (unpaired) electrons. The van der Waals surface area contributed by atoms with E-state index in [-0.39, 0.29) is 12.0 Å². The minimum Gasteiger partial charge on any atom is -0.396 e. The number of nitrogens with one attached hydrogen (secondary N) is 2. The van der Waals surface area contributed by atoms with Gasteiger partial charge in [0.15, 0.2) is 0 Å². The van der Waals surface area contributed by atoms with E-state index in [9.17, 15) is 5.11 Å². The quantitative estimate of drug-likeness (QED) is 0.692. The molecule has 5 heteroatoms. The number of anilines is 2. The molecule has 0 amide bonds. The van der Waals surface area contributed by atoms with Crippen LogP contribution >= 0.6 is 0 Å². The fourth-order valence-electron chi connectivity index (χ4n) is 1.36. The second kappa shape index (κ2) is 6.54. The van der Waals surface area contributed by atoms with Crippen LogP contribution in [0.4, 0.5) is 11.8 Å². The van der Waals surface area contributed by atoms with Crippen LogP contribution in [0.3, 0.4) is 0 Å². The van der Waals surface area contributed by atoms with Gasteiger partial charge in [0.25, 0.3) is 0 Å². The molecule has 0 aliphatic carbocycles. The molecule has 0 aromatic carbocycles. The molecule has 0 saturated carbocycles. The SMILES string of the molecule is CCCNc1nc(C)cc(NCC(C)(C)CO)n1. The fourth-order valence-corrected chi connectivity index (χ4v) is 1.36. The molecule has 3 N–H and O–H groups in total. The zero-order valence-corrected chi connectivity index (χ0v) is 11.7. The maximum atomic E-state index is 9.21. The monoisotopic (exact) mass is 252 g/mol. The summed E-state index contributed by atoms with van der Waals surface area (Å²) < 4.78 is 0. The fraction of sp³-hybridized carbons (Fsp3) is 0.692. The van der Waals surface area contributed by atoms with E-state index in [0.29, 0.717) is 12.5 Å². The second-order valence-corrected chi connectivity index (χ2v) is 5.32. The van der Waals surface area contributed by atoms with Crippen molar-refractivity contribution in [2.24, 2.45) is 5.41 Å². The number of nitrogens with zero attached hydrogens (tertiary/aromatic N) is 2. The average molecular weight is 252 g/mol. The van der Waals surface area contributed by atoms with E-state index in [0.717, 1.165) is 24.5 Å². The van der Waals surface area contributed by atoms with Crippen LogP contribution in [0.2, 0.25) is 0 Å². The summed E-state index contributed by atoms with van der Waals surface area (Å²) in [5.41, 5.74) is 0.767. The van der Waals surface area contributed by atoms with Crippen LogP contribution in [-0.4, -0.2) is 34.8 Å². The average Bonchev–Trinajstić information content (AvgIpc) is 2.33. The summed E-state index contributed by atoms with van der Waals surface area (Å²) in [6, 6.07) is 1.91. The first-order valence-electron chi connectivity index (χ1n) is 6.41. The first-order chi connectivity index (χ1) is 8.46. The van der Waals surface area contributed by atoms with Crippen molar-refractivity contribution in [2.75, 3.05) is 30.3 Å². The van der Waals surface area contributed by atoms with Gasteiger partial charge in [-0.05, 0) is 13.3 Å². The van der Waals surface area contributed by atoms with Crippen molar-refractivity contribution in [3.63, 3.8) is 0 Å². The summed E-state index contributed by atoms with van der Waals surface area (Å²) in [6.45, 7) is 9.74. The molecule has 0 fully saturated rings. The number of hydrogen-bond donors (Lipinski definition) is 3. The third-order valence-corrected chi connectivity index (χ3v) is 2.56. The Kier molecular flexibility index (Phi) is 5.34. The van der Waals surface area contributed by atoms with Crippen LogP contribution in [0, 0.1) is 12.3 Å². The molecule has 0 atom stereocenters. The number of aliphatic hydroxyl groups is 1. The predicted octanol–water partition coefficient (Wildman–Crippen LogP) is 2.04. The van der Waals surface area contributed by atoms with Gasteiger partial charge in [0.1, 0.15) is 5.82 Å². The van der Waals surface area contributed by atoms with Gasteiger partial charge < -0.3 is 15.7 Å². The van der Waals surface area contributed by atoms with Crippen LogP contribution in [0.25, 0.3) is 0 Å². The largest absolute Gasteiger partial charge is 0.396 e. The molecule has 102 valence electrons. The van der Waals surface area contributed by atoms with Crippen molar-refractivity contribution in [2.45, 2.75) is 34.1 Å². The lowest BCUT2D eigenvalue weighted by molar-refractivity contribution is 0.170. The van der Waals surface area contributed by atoms with Gasteiger partial charge in [0.2, 0.25) is 5.95 Å². The molecule has 0 bridgehead atoms. The van der Waals surface area contributed by atoms with E-state index in [2.05, 4.69) is 27.5 Å². The normalized spacial score (nSPS) is 11.4.